The van der Waals surface area contributed by atoms with E-state index in [1.165, 1.54) is 6.07 Å². The molecule has 1 aliphatic rings. The highest BCUT2D eigenvalue weighted by Crippen LogP contribution is 2.47. The van der Waals surface area contributed by atoms with Crippen molar-refractivity contribution in [3.8, 4) is 0 Å². The van der Waals surface area contributed by atoms with Crippen LogP contribution in [0.1, 0.15) is 36.0 Å². The summed E-state index contributed by atoms with van der Waals surface area (Å²) in [6, 6.07) is 12.3. The van der Waals surface area contributed by atoms with Gasteiger partial charge in [-0.1, -0.05) is 41.9 Å². The number of nitrogens with zero attached hydrogens (tertiary/aromatic N) is 1. The van der Waals surface area contributed by atoms with E-state index in [-0.39, 0.29) is 5.92 Å². The number of rotatable bonds is 4. The molecule has 1 fully saturated rings. The average molecular weight is 424 g/mol. The predicted octanol–water partition coefficient (Wildman–Crippen LogP) is 5.99. The fourth-order valence-electron chi connectivity index (χ4n) is 4.16. The molecule has 29 heavy (non-hydrogen) atoms. The maximum atomic E-state index is 13.3. The summed E-state index contributed by atoms with van der Waals surface area (Å²) in [7, 11) is 3.81. The molecule has 0 heterocycles. The molecule has 2 aromatic carbocycles. The van der Waals surface area contributed by atoms with E-state index >= 15 is 0 Å². The lowest BCUT2D eigenvalue weighted by atomic mass is 9.67. The Morgan fingerprint density at radius 2 is 1.86 bits per heavy atom. The smallest absolute Gasteiger partial charge is 0.380 e. The van der Waals surface area contributed by atoms with Gasteiger partial charge in [-0.05, 0) is 74.3 Å². The van der Waals surface area contributed by atoms with E-state index < -0.39 is 17.3 Å². The van der Waals surface area contributed by atoms with E-state index in [4.69, 9.17) is 11.6 Å². The second-order valence-corrected chi connectivity index (χ2v) is 8.35. The van der Waals surface area contributed by atoms with Crippen molar-refractivity contribution in [1.82, 2.24) is 4.90 Å². The minimum atomic E-state index is -4.46. The summed E-state index contributed by atoms with van der Waals surface area (Å²) in [6.07, 6.45) is -0.335. The lowest BCUT2D eigenvalue weighted by molar-refractivity contribution is -0.137. The Morgan fingerprint density at radius 1 is 1.17 bits per heavy atom. The van der Waals surface area contributed by atoms with Crippen LogP contribution in [0, 0.1) is 5.92 Å². The van der Waals surface area contributed by atoms with Crippen LogP contribution in [0.5, 0.6) is 0 Å². The summed E-state index contributed by atoms with van der Waals surface area (Å²) < 4.78 is 40.0. The molecule has 0 radical (unpaired) electrons. The Hall–Kier alpha value is -1.82. The van der Waals surface area contributed by atoms with Crippen LogP contribution in [0.2, 0.25) is 5.02 Å². The van der Waals surface area contributed by atoms with Gasteiger partial charge >= 0.3 is 6.18 Å². The summed E-state index contributed by atoms with van der Waals surface area (Å²) in [5.74, 6) is -0.215. The molecule has 0 aliphatic heterocycles. The van der Waals surface area contributed by atoms with Gasteiger partial charge in [-0.15, -0.1) is 0 Å². The largest absolute Gasteiger partial charge is 0.416 e. The molecule has 1 aliphatic carbocycles. The number of hydrogen-bond donors (Lipinski definition) is 1. The molecule has 0 aromatic heterocycles. The van der Waals surface area contributed by atoms with Crippen LogP contribution in [-0.4, -0.2) is 30.6 Å². The zero-order valence-corrected chi connectivity index (χ0v) is 17.3. The van der Waals surface area contributed by atoms with Crippen molar-refractivity contribution in [2.24, 2.45) is 5.92 Å². The Bertz CT molecular complexity index is 876. The molecule has 0 saturated heterocycles. The zero-order valence-electron chi connectivity index (χ0n) is 16.5. The van der Waals surface area contributed by atoms with Gasteiger partial charge in [-0.2, -0.15) is 13.2 Å². The molecular formula is C23H25ClF3NO. The van der Waals surface area contributed by atoms with E-state index in [2.05, 4.69) is 0 Å². The van der Waals surface area contributed by atoms with Crippen LogP contribution in [0.25, 0.3) is 6.08 Å². The molecule has 3 rings (SSSR count). The Kier molecular flexibility index (Phi) is 6.42. The van der Waals surface area contributed by atoms with Gasteiger partial charge in [0.05, 0.1) is 5.56 Å². The Labute approximate surface area is 174 Å². The fourth-order valence-corrected chi connectivity index (χ4v) is 4.29. The first-order chi connectivity index (χ1) is 13.6. The van der Waals surface area contributed by atoms with Crippen molar-refractivity contribution < 1.29 is 18.3 Å². The standard InChI is InChI=1S/C23H25ClF3NO/c1-28(2)15-20-8-4-5-17(13-16-9-11-21(24)12-10-16)22(20,29)18-6-3-7-19(14-18)23(25,26)27/h3,6-7,9-14,20,29H,4-5,8,15H2,1-2H3. The highest BCUT2D eigenvalue weighted by Gasteiger charge is 2.45. The first-order valence-electron chi connectivity index (χ1n) is 9.62. The van der Waals surface area contributed by atoms with Crippen LogP contribution < -0.4 is 0 Å². The molecule has 0 bridgehead atoms. The Morgan fingerprint density at radius 3 is 2.48 bits per heavy atom. The molecular weight excluding hydrogens is 399 g/mol. The summed E-state index contributed by atoms with van der Waals surface area (Å²) in [5, 5.41) is 12.5. The molecule has 2 atom stereocenters. The third kappa shape index (κ3) is 4.85. The molecule has 2 nitrogen and oxygen atoms in total. The number of aliphatic hydroxyl groups is 1. The topological polar surface area (TPSA) is 23.5 Å². The fraction of sp³-hybridized carbons (Fsp3) is 0.391. The van der Waals surface area contributed by atoms with Crippen molar-refractivity contribution in [2.75, 3.05) is 20.6 Å². The molecule has 6 heteroatoms. The highest BCUT2D eigenvalue weighted by atomic mass is 35.5. The minimum absolute atomic E-state index is 0.215. The Balaban J connectivity index is 2.13. The van der Waals surface area contributed by atoms with Crippen LogP contribution in [0.4, 0.5) is 13.2 Å². The molecule has 2 unspecified atom stereocenters. The summed E-state index contributed by atoms with van der Waals surface area (Å²) in [5.41, 5.74) is -0.330. The van der Waals surface area contributed by atoms with Gasteiger partial charge in [-0.25, -0.2) is 0 Å². The lowest BCUT2D eigenvalue weighted by Gasteiger charge is -2.44. The van der Waals surface area contributed by atoms with Crippen molar-refractivity contribution in [1.29, 1.82) is 0 Å². The van der Waals surface area contributed by atoms with Gasteiger partial charge in [0, 0.05) is 17.5 Å². The molecule has 0 spiro atoms. The summed E-state index contributed by atoms with van der Waals surface area (Å²) >= 11 is 5.96. The molecule has 1 N–H and O–H groups in total. The normalized spacial score (nSPS) is 24.3. The van der Waals surface area contributed by atoms with E-state index in [0.717, 1.165) is 36.1 Å². The van der Waals surface area contributed by atoms with Crippen molar-refractivity contribution in [3.63, 3.8) is 0 Å². The van der Waals surface area contributed by atoms with Crippen LogP contribution >= 0.6 is 11.6 Å². The van der Waals surface area contributed by atoms with Crippen LogP contribution in [-0.2, 0) is 11.8 Å². The van der Waals surface area contributed by atoms with Gasteiger partial charge in [0.15, 0.2) is 0 Å². The number of halogens is 4. The van der Waals surface area contributed by atoms with Gasteiger partial charge in [0.25, 0.3) is 0 Å². The number of alkyl halides is 3. The highest BCUT2D eigenvalue weighted by molar-refractivity contribution is 6.30. The zero-order chi connectivity index (χ0) is 21.2. The van der Waals surface area contributed by atoms with E-state index in [0.29, 0.717) is 23.6 Å². The molecule has 1 saturated carbocycles. The first kappa shape index (κ1) is 21.9. The van der Waals surface area contributed by atoms with Crippen LogP contribution in [0.3, 0.4) is 0 Å². The monoisotopic (exact) mass is 423 g/mol. The lowest BCUT2D eigenvalue weighted by Crippen LogP contribution is -2.44. The average Bonchev–Trinajstić information content (AvgIpc) is 2.66. The molecule has 2 aromatic rings. The van der Waals surface area contributed by atoms with Crippen LogP contribution in [0.15, 0.2) is 54.1 Å². The number of hydrogen-bond acceptors (Lipinski definition) is 2. The second-order valence-electron chi connectivity index (χ2n) is 7.92. The first-order valence-corrected chi connectivity index (χ1v) is 10.00. The van der Waals surface area contributed by atoms with Crippen molar-refractivity contribution >= 4 is 17.7 Å². The van der Waals surface area contributed by atoms with Gasteiger partial charge in [0.1, 0.15) is 5.60 Å². The molecule has 0 amide bonds. The predicted molar refractivity (Wildman–Crippen MR) is 111 cm³/mol. The SMILES string of the molecule is CN(C)CC1CCCC(=Cc2ccc(Cl)cc2)C1(O)c1cccc(C(F)(F)F)c1. The van der Waals surface area contributed by atoms with Gasteiger partial charge in [-0.3, -0.25) is 0 Å². The van der Waals surface area contributed by atoms with Gasteiger partial charge in [0.2, 0.25) is 0 Å². The second kappa shape index (κ2) is 8.50. The van der Waals surface area contributed by atoms with Gasteiger partial charge < -0.3 is 10.0 Å². The third-order valence-corrected chi connectivity index (χ3v) is 5.76. The number of benzene rings is 2. The van der Waals surface area contributed by atoms with E-state index in [9.17, 15) is 18.3 Å². The maximum absolute atomic E-state index is 13.3. The van der Waals surface area contributed by atoms with Crippen molar-refractivity contribution in [3.05, 3.63) is 75.8 Å². The van der Waals surface area contributed by atoms with E-state index in [1.807, 2.05) is 37.2 Å². The minimum Gasteiger partial charge on any atom is -0.380 e. The molecule has 156 valence electrons. The summed E-state index contributed by atoms with van der Waals surface area (Å²) in [4.78, 5) is 1.97. The maximum Gasteiger partial charge on any atom is 0.416 e. The quantitative estimate of drug-likeness (QED) is 0.652. The van der Waals surface area contributed by atoms with E-state index in [1.54, 1.807) is 18.2 Å². The van der Waals surface area contributed by atoms with Crippen molar-refractivity contribution in [2.45, 2.75) is 31.0 Å². The third-order valence-electron chi connectivity index (χ3n) is 5.51. The summed E-state index contributed by atoms with van der Waals surface area (Å²) in [6.45, 7) is 0.574.